The van der Waals surface area contributed by atoms with Crippen molar-refractivity contribution < 1.29 is 9.53 Å². The Morgan fingerprint density at radius 1 is 1.05 bits per heavy atom. The Bertz CT molecular complexity index is 359. The summed E-state index contributed by atoms with van der Waals surface area (Å²) in [5.74, 6) is 0.274. The second kappa shape index (κ2) is 10.5. The third kappa shape index (κ3) is 6.74. The van der Waals surface area contributed by atoms with E-state index in [1.807, 2.05) is 18.2 Å². The highest BCUT2D eigenvalue weighted by atomic mass is 16.5. The Labute approximate surface area is 123 Å². The highest BCUT2D eigenvalue weighted by molar-refractivity contribution is 5.69. The van der Waals surface area contributed by atoms with E-state index >= 15 is 0 Å². The predicted octanol–water partition coefficient (Wildman–Crippen LogP) is 5.08. The molecule has 1 unspecified atom stereocenters. The molecule has 0 saturated carbocycles. The van der Waals surface area contributed by atoms with Crippen molar-refractivity contribution in [1.29, 1.82) is 0 Å². The second-order valence-electron chi connectivity index (χ2n) is 5.36. The average molecular weight is 276 g/mol. The van der Waals surface area contributed by atoms with Gasteiger partial charge in [-0.2, -0.15) is 0 Å². The molecule has 0 fully saturated rings. The monoisotopic (exact) mass is 276 g/mol. The van der Waals surface area contributed by atoms with Gasteiger partial charge in [0.2, 0.25) is 0 Å². The third-order valence-corrected chi connectivity index (χ3v) is 3.69. The predicted molar refractivity (Wildman–Crippen MR) is 83.8 cm³/mol. The van der Waals surface area contributed by atoms with Crippen molar-refractivity contribution in [3.05, 3.63) is 35.9 Å². The van der Waals surface area contributed by atoms with E-state index in [1.54, 1.807) is 0 Å². The summed E-state index contributed by atoms with van der Waals surface area (Å²) in [6, 6.07) is 10.3. The van der Waals surface area contributed by atoms with E-state index < -0.39 is 0 Å². The van der Waals surface area contributed by atoms with Crippen molar-refractivity contribution >= 4 is 5.97 Å². The van der Waals surface area contributed by atoms with Gasteiger partial charge in [0.05, 0.1) is 6.61 Å². The minimum atomic E-state index is -0.0455. The molecule has 0 heterocycles. The number of carbonyl (C=O) groups excluding carboxylic acids is 1. The summed E-state index contributed by atoms with van der Waals surface area (Å²) >= 11 is 0. The van der Waals surface area contributed by atoms with Gasteiger partial charge in [-0.25, -0.2) is 0 Å². The molecule has 0 aliphatic rings. The largest absolute Gasteiger partial charge is 0.465 e. The minimum Gasteiger partial charge on any atom is -0.465 e. The zero-order valence-corrected chi connectivity index (χ0v) is 12.9. The summed E-state index contributed by atoms with van der Waals surface area (Å²) in [5, 5.41) is 0. The number of hydrogen-bond acceptors (Lipinski definition) is 2. The molecule has 0 spiro atoms. The van der Waals surface area contributed by atoms with E-state index in [9.17, 15) is 4.79 Å². The molecule has 0 aromatic heterocycles. The molecule has 0 amide bonds. The lowest BCUT2D eigenvalue weighted by atomic mass is 9.98. The van der Waals surface area contributed by atoms with E-state index in [4.69, 9.17) is 4.74 Å². The Morgan fingerprint density at radius 2 is 1.75 bits per heavy atom. The maximum Gasteiger partial charge on any atom is 0.305 e. The summed E-state index contributed by atoms with van der Waals surface area (Å²) in [4.78, 5) is 11.7. The molecule has 0 radical (unpaired) electrons. The number of carbonyl (C=O) groups is 1. The summed E-state index contributed by atoms with van der Waals surface area (Å²) in [7, 11) is 0. The van der Waals surface area contributed by atoms with Gasteiger partial charge < -0.3 is 4.74 Å². The molecule has 2 nitrogen and oxygen atoms in total. The van der Waals surface area contributed by atoms with Crippen LogP contribution < -0.4 is 0 Å². The van der Waals surface area contributed by atoms with Crippen LogP contribution in [0.15, 0.2) is 30.3 Å². The van der Waals surface area contributed by atoms with Crippen molar-refractivity contribution in [3.8, 4) is 0 Å². The maximum absolute atomic E-state index is 11.7. The summed E-state index contributed by atoms with van der Waals surface area (Å²) < 4.78 is 5.42. The van der Waals surface area contributed by atoms with Crippen LogP contribution in [0.2, 0.25) is 0 Å². The van der Waals surface area contributed by atoms with Gasteiger partial charge in [0.25, 0.3) is 0 Å². The summed E-state index contributed by atoms with van der Waals surface area (Å²) in [6.07, 6.45) is 7.38. The second-order valence-corrected chi connectivity index (χ2v) is 5.36. The topological polar surface area (TPSA) is 26.3 Å². The highest BCUT2D eigenvalue weighted by Crippen LogP contribution is 2.19. The number of ether oxygens (including phenoxy) is 1. The van der Waals surface area contributed by atoms with Gasteiger partial charge >= 0.3 is 5.97 Å². The number of hydrogen-bond donors (Lipinski definition) is 0. The molecule has 2 heteroatoms. The normalized spacial score (nSPS) is 12.1. The van der Waals surface area contributed by atoms with Crippen LogP contribution in [0.4, 0.5) is 0 Å². The van der Waals surface area contributed by atoms with Gasteiger partial charge in [-0.1, -0.05) is 69.9 Å². The smallest absolute Gasteiger partial charge is 0.305 e. The molecule has 0 bridgehead atoms. The molecule has 0 saturated heterocycles. The first-order valence-corrected chi connectivity index (χ1v) is 7.98. The summed E-state index contributed by atoms with van der Waals surface area (Å²) in [5.41, 5.74) is 1.26. The molecular weight excluding hydrogens is 248 g/mol. The van der Waals surface area contributed by atoms with E-state index in [2.05, 4.69) is 26.0 Å². The van der Waals surface area contributed by atoms with Crippen LogP contribution in [0, 0.1) is 0 Å². The number of benzene rings is 1. The fourth-order valence-corrected chi connectivity index (χ4v) is 2.31. The van der Waals surface area contributed by atoms with Crippen molar-refractivity contribution in [2.75, 3.05) is 6.61 Å². The van der Waals surface area contributed by atoms with Crippen LogP contribution in [-0.2, 0) is 9.53 Å². The van der Waals surface area contributed by atoms with Crippen molar-refractivity contribution in [1.82, 2.24) is 0 Å². The molecule has 0 aliphatic carbocycles. The average Bonchev–Trinajstić information content (AvgIpc) is 2.49. The minimum absolute atomic E-state index is 0.0455. The van der Waals surface area contributed by atoms with Crippen molar-refractivity contribution in [2.45, 2.75) is 64.7 Å². The quantitative estimate of drug-likeness (QED) is 0.440. The van der Waals surface area contributed by atoms with Gasteiger partial charge in [0.15, 0.2) is 0 Å². The molecule has 20 heavy (non-hydrogen) atoms. The van der Waals surface area contributed by atoms with E-state index in [1.165, 1.54) is 24.8 Å². The lowest BCUT2D eigenvalue weighted by molar-refractivity contribution is -0.144. The Balaban J connectivity index is 2.22. The lowest BCUT2D eigenvalue weighted by Gasteiger charge is -2.15. The maximum atomic E-state index is 11.7. The van der Waals surface area contributed by atoms with Gasteiger partial charge in [-0.15, -0.1) is 0 Å². The fraction of sp³-hybridized carbons (Fsp3) is 0.611. The van der Waals surface area contributed by atoms with E-state index in [0.717, 1.165) is 19.3 Å². The molecule has 0 N–H and O–H groups in total. The number of esters is 1. The standard InChI is InChI=1S/C18H28O2/c1-3-5-6-7-11-14-18(19)20-15-16(4-2)17-12-9-8-10-13-17/h8-10,12-13,16H,3-7,11,14-15H2,1-2H3. The van der Waals surface area contributed by atoms with Crippen molar-refractivity contribution in [2.24, 2.45) is 0 Å². The first-order valence-electron chi connectivity index (χ1n) is 7.98. The van der Waals surface area contributed by atoms with E-state index in [0.29, 0.717) is 18.9 Å². The molecular formula is C18H28O2. The Kier molecular flexibility index (Phi) is 8.77. The number of rotatable bonds is 10. The molecule has 1 aromatic carbocycles. The fourth-order valence-electron chi connectivity index (χ4n) is 2.31. The van der Waals surface area contributed by atoms with E-state index in [-0.39, 0.29) is 5.97 Å². The van der Waals surface area contributed by atoms with Crippen LogP contribution in [-0.4, -0.2) is 12.6 Å². The van der Waals surface area contributed by atoms with Crippen LogP contribution >= 0.6 is 0 Å². The van der Waals surface area contributed by atoms with Crippen LogP contribution in [0.25, 0.3) is 0 Å². The van der Waals surface area contributed by atoms with Crippen LogP contribution in [0.1, 0.15) is 70.3 Å². The Morgan fingerprint density at radius 3 is 2.40 bits per heavy atom. The lowest BCUT2D eigenvalue weighted by Crippen LogP contribution is -2.12. The van der Waals surface area contributed by atoms with Gasteiger partial charge in [0.1, 0.15) is 0 Å². The van der Waals surface area contributed by atoms with Gasteiger partial charge in [-0.05, 0) is 18.4 Å². The van der Waals surface area contributed by atoms with Crippen LogP contribution in [0.3, 0.4) is 0 Å². The number of unbranched alkanes of at least 4 members (excludes halogenated alkanes) is 4. The van der Waals surface area contributed by atoms with Crippen molar-refractivity contribution in [3.63, 3.8) is 0 Å². The first kappa shape index (κ1) is 16.7. The molecule has 112 valence electrons. The SMILES string of the molecule is CCCCCCCC(=O)OCC(CC)c1ccccc1. The van der Waals surface area contributed by atoms with Crippen LogP contribution in [0.5, 0.6) is 0 Å². The Hall–Kier alpha value is -1.31. The first-order chi connectivity index (χ1) is 9.77. The highest BCUT2D eigenvalue weighted by Gasteiger charge is 2.11. The summed E-state index contributed by atoms with van der Waals surface area (Å²) in [6.45, 7) is 4.84. The zero-order chi connectivity index (χ0) is 14.6. The molecule has 0 aliphatic heterocycles. The third-order valence-electron chi connectivity index (χ3n) is 3.69. The van der Waals surface area contributed by atoms with Gasteiger partial charge in [-0.3, -0.25) is 4.79 Å². The molecule has 1 atom stereocenters. The molecule has 1 aromatic rings. The van der Waals surface area contributed by atoms with Gasteiger partial charge in [0, 0.05) is 12.3 Å². The zero-order valence-electron chi connectivity index (χ0n) is 12.9. The molecule has 1 rings (SSSR count).